The van der Waals surface area contributed by atoms with Crippen molar-refractivity contribution < 1.29 is 55.0 Å². The Bertz CT molecular complexity index is 2050. The zero-order chi connectivity index (χ0) is 37.2. The first-order chi connectivity index (χ1) is 23.7. The molecule has 1 saturated carbocycles. The number of allylic oxidation sites excluding steroid dienone is 2. The van der Waals surface area contributed by atoms with E-state index in [-0.39, 0.29) is 47.2 Å². The van der Waals surface area contributed by atoms with E-state index in [2.05, 4.69) is 0 Å². The maximum Gasteiger partial charge on any atom is 0.416 e. The second-order valence-corrected chi connectivity index (χ2v) is 14.3. The van der Waals surface area contributed by atoms with E-state index in [1.165, 1.54) is 24.3 Å². The molecule has 0 radical (unpaired) electrons. The minimum Gasteiger partial charge on any atom is -0.508 e. The SMILES string of the molecule is Cc1cc(C2C3=CCC4C(=O)N(c5cc(C(F)(F)F)cc(C(F)(F)F)c5)C(=O)C4C3CC3(Cl)C(=O)N(c4ccc(F)cc4)C(=O)C23Cl)ccc1O. The van der Waals surface area contributed by atoms with Crippen molar-refractivity contribution in [2.75, 3.05) is 9.80 Å². The molecule has 0 bridgehead atoms. The Kier molecular flexibility index (Phi) is 7.74. The van der Waals surface area contributed by atoms with Crippen LogP contribution in [0.2, 0.25) is 0 Å². The van der Waals surface area contributed by atoms with Crippen LogP contribution in [0.4, 0.5) is 42.1 Å². The summed E-state index contributed by atoms with van der Waals surface area (Å²) in [4.78, 5) is 53.0. The lowest BCUT2D eigenvalue weighted by molar-refractivity contribution is -0.143. The fraction of sp³-hybridized carbons (Fsp3) is 0.314. The first kappa shape index (κ1) is 35.0. The highest BCUT2D eigenvalue weighted by Crippen LogP contribution is 2.66. The summed E-state index contributed by atoms with van der Waals surface area (Å²) in [6, 6.07) is 9.00. The van der Waals surface area contributed by atoms with Gasteiger partial charge >= 0.3 is 12.4 Å². The highest BCUT2D eigenvalue weighted by atomic mass is 35.5. The number of benzene rings is 3. The Morgan fingerprint density at radius 1 is 0.765 bits per heavy atom. The normalized spacial score (nSPS) is 29.3. The Morgan fingerprint density at radius 2 is 1.37 bits per heavy atom. The molecule has 3 fully saturated rings. The van der Waals surface area contributed by atoms with Crippen molar-refractivity contribution in [1.29, 1.82) is 0 Å². The standard InChI is InChI=1S/C35H23Cl2F7N2O5/c1-15-10-16(2-9-25(15)47)27-22-7-8-23-26(29(49)45(28(23)48)21-12-17(34(39,40)41)11-18(13-21)35(42,43)44)24(22)14-32(36)30(50)46(31(51)33(27,32)37)20-5-3-19(38)4-6-20/h2-7,9-13,23-24,26-27,47H,8,14H2,1H3. The van der Waals surface area contributed by atoms with Crippen LogP contribution in [0.25, 0.3) is 0 Å². The van der Waals surface area contributed by atoms with E-state index in [1.807, 2.05) is 0 Å². The molecule has 3 aromatic rings. The van der Waals surface area contributed by atoms with Gasteiger partial charge in [-0.2, -0.15) is 26.3 Å². The zero-order valence-corrected chi connectivity index (χ0v) is 27.5. The summed E-state index contributed by atoms with van der Waals surface area (Å²) >= 11 is 14.5. The van der Waals surface area contributed by atoms with E-state index < -0.39 is 98.5 Å². The second-order valence-electron chi connectivity index (χ2n) is 13.1. The van der Waals surface area contributed by atoms with E-state index in [9.17, 15) is 55.0 Å². The fourth-order valence-electron chi connectivity index (χ4n) is 7.95. The topological polar surface area (TPSA) is 95.0 Å². The van der Waals surface area contributed by atoms with Crippen molar-refractivity contribution >= 4 is 58.2 Å². The predicted molar refractivity (Wildman–Crippen MR) is 168 cm³/mol. The summed E-state index contributed by atoms with van der Waals surface area (Å²) in [7, 11) is 0. The minimum absolute atomic E-state index is 0.0698. The van der Waals surface area contributed by atoms with Crippen LogP contribution in [0.3, 0.4) is 0 Å². The number of phenolic OH excluding ortho intramolecular Hbond substituents is 1. The lowest BCUT2D eigenvalue weighted by atomic mass is 9.56. The van der Waals surface area contributed by atoms with E-state index in [1.54, 1.807) is 6.92 Å². The third-order valence-corrected chi connectivity index (χ3v) is 11.7. The fourth-order valence-corrected chi connectivity index (χ4v) is 8.89. The van der Waals surface area contributed by atoms with Crippen LogP contribution in [0.1, 0.15) is 41.0 Å². The Balaban J connectivity index is 1.38. The van der Waals surface area contributed by atoms with Crippen molar-refractivity contribution in [3.05, 3.63) is 100 Å². The molecule has 6 unspecified atom stereocenters. The third kappa shape index (κ3) is 5.00. The van der Waals surface area contributed by atoms with Crippen molar-refractivity contribution in [3.8, 4) is 5.75 Å². The molecule has 2 heterocycles. The van der Waals surface area contributed by atoms with Crippen LogP contribution >= 0.6 is 23.2 Å². The molecular weight excluding hydrogens is 732 g/mol. The average Bonchev–Trinajstić information content (AvgIpc) is 3.39. The second kappa shape index (κ2) is 11.3. The van der Waals surface area contributed by atoms with E-state index in [4.69, 9.17) is 23.2 Å². The summed E-state index contributed by atoms with van der Waals surface area (Å²) in [5.41, 5.74) is -3.57. The highest BCUT2D eigenvalue weighted by molar-refractivity contribution is 6.58. The lowest BCUT2D eigenvalue weighted by Gasteiger charge is -2.50. The van der Waals surface area contributed by atoms with Crippen LogP contribution in [-0.4, -0.2) is 38.5 Å². The summed E-state index contributed by atoms with van der Waals surface area (Å²) in [5, 5.41) is 10.3. The summed E-state index contributed by atoms with van der Waals surface area (Å²) in [6.45, 7) is 1.55. The number of rotatable bonds is 3. The van der Waals surface area contributed by atoms with Crippen molar-refractivity contribution in [2.24, 2.45) is 17.8 Å². The number of imide groups is 2. The molecule has 0 spiro atoms. The van der Waals surface area contributed by atoms with Gasteiger partial charge in [-0.15, -0.1) is 23.2 Å². The number of nitrogens with zero attached hydrogens (tertiary/aromatic N) is 2. The smallest absolute Gasteiger partial charge is 0.416 e. The van der Waals surface area contributed by atoms with Gasteiger partial charge in [0.1, 0.15) is 11.6 Å². The molecule has 7 nitrogen and oxygen atoms in total. The molecule has 1 N–H and O–H groups in total. The quantitative estimate of drug-likeness (QED) is 0.128. The van der Waals surface area contributed by atoms with E-state index in [0.717, 1.165) is 24.3 Å². The zero-order valence-electron chi connectivity index (χ0n) is 26.0. The number of aromatic hydroxyl groups is 1. The minimum atomic E-state index is -5.26. The molecule has 7 rings (SSSR count). The number of alkyl halides is 8. The molecule has 16 heteroatoms. The van der Waals surface area contributed by atoms with Gasteiger partial charge in [0.05, 0.1) is 34.3 Å². The molecule has 2 saturated heterocycles. The van der Waals surface area contributed by atoms with Gasteiger partial charge in [-0.05, 0) is 85.3 Å². The molecule has 3 aromatic carbocycles. The Hall–Kier alpha value is -4.43. The number of hydrogen-bond acceptors (Lipinski definition) is 5. The number of hydrogen-bond donors (Lipinski definition) is 1. The number of fused-ring (bicyclic) bond motifs is 4. The van der Waals surface area contributed by atoms with Crippen LogP contribution in [0, 0.1) is 30.5 Å². The maximum atomic E-state index is 14.4. The van der Waals surface area contributed by atoms with Gasteiger partial charge in [0, 0.05) is 5.92 Å². The predicted octanol–water partition coefficient (Wildman–Crippen LogP) is 7.65. The number of phenols is 1. The van der Waals surface area contributed by atoms with Gasteiger partial charge in [-0.25, -0.2) is 14.2 Å². The van der Waals surface area contributed by atoms with Gasteiger partial charge in [0.25, 0.3) is 11.8 Å². The Morgan fingerprint density at radius 3 is 1.94 bits per heavy atom. The van der Waals surface area contributed by atoms with Crippen molar-refractivity contribution in [3.63, 3.8) is 0 Å². The number of amides is 4. The molecule has 2 aliphatic carbocycles. The highest BCUT2D eigenvalue weighted by Gasteiger charge is 2.76. The molecule has 4 aliphatic rings. The van der Waals surface area contributed by atoms with Gasteiger partial charge in [0.15, 0.2) is 9.75 Å². The van der Waals surface area contributed by atoms with Gasteiger partial charge in [-0.1, -0.05) is 23.8 Å². The molecular formula is C35H23Cl2F7N2O5. The molecule has 266 valence electrons. The number of carbonyl (C=O) groups excluding carboxylic acids is 4. The number of halogens is 9. The Labute approximate surface area is 294 Å². The van der Waals surface area contributed by atoms with Crippen LogP contribution in [0.5, 0.6) is 5.75 Å². The first-order valence-electron chi connectivity index (χ1n) is 15.4. The summed E-state index contributed by atoms with van der Waals surface area (Å²) < 4.78 is 96.3. The van der Waals surface area contributed by atoms with Crippen LogP contribution in [0.15, 0.2) is 72.3 Å². The summed E-state index contributed by atoms with van der Waals surface area (Å²) in [5.74, 6) is -10.1. The van der Waals surface area contributed by atoms with Gasteiger partial charge in [-0.3, -0.25) is 19.2 Å². The molecule has 4 amide bonds. The van der Waals surface area contributed by atoms with Crippen molar-refractivity contribution in [1.82, 2.24) is 0 Å². The number of aryl methyl sites for hydroxylation is 1. The third-order valence-electron chi connectivity index (χ3n) is 10.3. The molecule has 2 aliphatic heterocycles. The van der Waals surface area contributed by atoms with Gasteiger partial charge < -0.3 is 5.11 Å². The van der Waals surface area contributed by atoms with E-state index in [0.29, 0.717) is 15.4 Å². The monoisotopic (exact) mass is 754 g/mol. The molecule has 0 aromatic heterocycles. The van der Waals surface area contributed by atoms with Crippen LogP contribution < -0.4 is 9.80 Å². The van der Waals surface area contributed by atoms with E-state index >= 15 is 0 Å². The van der Waals surface area contributed by atoms with Gasteiger partial charge in [0.2, 0.25) is 11.8 Å². The van der Waals surface area contributed by atoms with Crippen LogP contribution in [-0.2, 0) is 31.5 Å². The first-order valence-corrected chi connectivity index (χ1v) is 16.1. The van der Waals surface area contributed by atoms with Crippen molar-refractivity contribution in [2.45, 2.75) is 47.8 Å². The summed E-state index contributed by atoms with van der Waals surface area (Å²) in [6.07, 6.45) is -9.75. The molecule has 51 heavy (non-hydrogen) atoms. The number of carbonyl (C=O) groups is 4. The molecule has 6 atom stereocenters. The average molecular weight is 755 g/mol. The largest absolute Gasteiger partial charge is 0.508 e. The maximum absolute atomic E-state index is 14.4. The lowest BCUT2D eigenvalue weighted by Crippen LogP contribution is -2.60. The number of anilines is 2.